The van der Waals surface area contributed by atoms with Gasteiger partial charge in [-0.1, -0.05) is 19.1 Å². The molecule has 0 heterocycles. The Morgan fingerprint density at radius 1 is 1.04 bits per heavy atom. The van der Waals surface area contributed by atoms with Crippen molar-refractivity contribution in [2.24, 2.45) is 0 Å². The van der Waals surface area contributed by atoms with Crippen LogP contribution in [0.2, 0.25) is 0 Å². The zero-order valence-corrected chi connectivity index (χ0v) is 14.2. The number of amides is 1. The topological polar surface area (TPSA) is 82.0 Å². The molecule has 2 rings (SSSR count). The molecule has 0 aliphatic carbocycles. The SMILES string of the molecule is CCc1ccc(N/C=C(/C#N)C(=O)Nc2ccc(C(C)=O)cc2)cc1. The van der Waals surface area contributed by atoms with E-state index in [2.05, 4.69) is 17.6 Å². The molecular formula is C20H19N3O2. The molecule has 0 aliphatic rings. The van der Waals surface area contributed by atoms with Crippen LogP contribution in [0.5, 0.6) is 0 Å². The molecule has 25 heavy (non-hydrogen) atoms. The Morgan fingerprint density at radius 3 is 2.16 bits per heavy atom. The Labute approximate surface area is 147 Å². The van der Waals surface area contributed by atoms with Crippen LogP contribution in [0.1, 0.15) is 29.8 Å². The number of anilines is 2. The number of nitrogens with one attached hydrogen (secondary N) is 2. The lowest BCUT2D eigenvalue weighted by Gasteiger charge is -2.06. The first kappa shape index (κ1) is 18.0. The number of carbonyl (C=O) groups is 2. The van der Waals surface area contributed by atoms with Crippen molar-refractivity contribution in [2.75, 3.05) is 10.6 Å². The van der Waals surface area contributed by atoms with Gasteiger partial charge in [-0.05, 0) is 55.3 Å². The van der Waals surface area contributed by atoms with Crippen molar-refractivity contribution in [2.45, 2.75) is 20.3 Å². The summed E-state index contributed by atoms with van der Waals surface area (Å²) in [4.78, 5) is 23.4. The van der Waals surface area contributed by atoms with Crippen molar-refractivity contribution in [3.8, 4) is 6.07 Å². The van der Waals surface area contributed by atoms with Crippen molar-refractivity contribution < 1.29 is 9.59 Å². The number of nitriles is 1. The molecule has 5 nitrogen and oxygen atoms in total. The molecule has 0 atom stereocenters. The summed E-state index contributed by atoms with van der Waals surface area (Å²) in [6, 6.07) is 16.1. The smallest absolute Gasteiger partial charge is 0.267 e. The summed E-state index contributed by atoms with van der Waals surface area (Å²) in [5, 5.41) is 14.8. The number of rotatable bonds is 6. The Balaban J connectivity index is 2.04. The number of benzene rings is 2. The summed E-state index contributed by atoms with van der Waals surface area (Å²) in [7, 11) is 0. The maximum Gasteiger partial charge on any atom is 0.267 e. The van der Waals surface area contributed by atoms with Crippen molar-refractivity contribution in [3.63, 3.8) is 0 Å². The first-order valence-electron chi connectivity index (χ1n) is 7.91. The van der Waals surface area contributed by atoms with E-state index in [4.69, 9.17) is 0 Å². The number of hydrogen-bond donors (Lipinski definition) is 2. The Kier molecular flexibility index (Phi) is 6.08. The second-order valence-electron chi connectivity index (χ2n) is 5.45. The van der Waals surface area contributed by atoms with Gasteiger partial charge in [0, 0.05) is 23.1 Å². The third-order valence-corrected chi connectivity index (χ3v) is 3.66. The zero-order valence-electron chi connectivity index (χ0n) is 14.2. The van der Waals surface area contributed by atoms with Crippen molar-refractivity contribution in [3.05, 3.63) is 71.4 Å². The van der Waals surface area contributed by atoms with Gasteiger partial charge in [0.1, 0.15) is 11.6 Å². The molecule has 1 amide bonds. The molecule has 0 bridgehead atoms. The fraction of sp³-hybridized carbons (Fsp3) is 0.150. The summed E-state index contributed by atoms with van der Waals surface area (Å²) >= 11 is 0. The molecule has 0 radical (unpaired) electrons. The van der Waals surface area contributed by atoms with Gasteiger partial charge in [-0.15, -0.1) is 0 Å². The van der Waals surface area contributed by atoms with Crippen LogP contribution in [0.15, 0.2) is 60.3 Å². The van der Waals surface area contributed by atoms with Crippen LogP contribution in [0, 0.1) is 11.3 Å². The molecular weight excluding hydrogens is 314 g/mol. The van der Waals surface area contributed by atoms with Gasteiger partial charge >= 0.3 is 0 Å². The normalized spacial score (nSPS) is 10.7. The third-order valence-electron chi connectivity index (χ3n) is 3.66. The van der Waals surface area contributed by atoms with Crippen LogP contribution in [0.4, 0.5) is 11.4 Å². The van der Waals surface area contributed by atoms with E-state index in [1.54, 1.807) is 24.3 Å². The minimum Gasteiger partial charge on any atom is -0.360 e. The minimum absolute atomic E-state index is 0.0461. The number of nitrogens with zero attached hydrogens (tertiary/aromatic N) is 1. The molecule has 126 valence electrons. The molecule has 2 aromatic carbocycles. The highest BCUT2D eigenvalue weighted by Gasteiger charge is 2.09. The maximum absolute atomic E-state index is 12.2. The van der Waals surface area contributed by atoms with E-state index >= 15 is 0 Å². The van der Waals surface area contributed by atoms with Gasteiger partial charge in [0.25, 0.3) is 5.91 Å². The largest absolute Gasteiger partial charge is 0.360 e. The van der Waals surface area contributed by atoms with E-state index in [-0.39, 0.29) is 11.4 Å². The molecule has 0 saturated heterocycles. The van der Waals surface area contributed by atoms with Crippen molar-refractivity contribution in [1.82, 2.24) is 0 Å². The monoisotopic (exact) mass is 333 g/mol. The first-order valence-corrected chi connectivity index (χ1v) is 7.91. The van der Waals surface area contributed by atoms with Crippen LogP contribution in [-0.4, -0.2) is 11.7 Å². The van der Waals surface area contributed by atoms with E-state index in [0.717, 1.165) is 12.1 Å². The van der Waals surface area contributed by atoms with E-state index in [1.807, 2.05) is 30.3 Å². The highest BCUT2D eigenvalue weighted by atomic mass is 16.1. The van der Waals surface area contributed by atoms with Crippen LogP contribution in [0.25, 0.3) is 0 Å². The van der Waals surface area contributed by atoms with Gasteiger partial charge in [-0.2, -0.15) is 5.26 Å². The van der Waals surface area contributed by atoms with Crippen molar-refractivity contribution >= 4 is 23.1 Å². The number of Topliss-reactive ketones (excluding diaryl/α,β-unsaturated/α-hetero) is 1. The summed E-state index contributed by atoms with van der Waals surface area (Å²) in [5.74, 6) is -0.565. The highest BCUT2D eigenvalue weighted by molar-refractivity contribution is 6.07. The lowest BCUT2D eigenvalue weighted by atomic mass is 10.1. The Hall–Kier alpha value is -3.39. The standard InChI is InChI=1S/C20H19N3O2/c1-3-15-4-8-18(9-5-15)22-13-17(12-21)20(25)23-19-10-6-16(7-11-19)14(2)24/h4-11,13,22H,3H2,1-2H3,(H,23,25)/b17-13-. The van der Waals surface area contributed by atoms with Crippen LogP contribution < -0.4 is 10.6 Å². The highest BCUT2D eigenvalue weighted by Crippen LogP contribution is 2.13. The number of ketones is 1. The summed E-state index contributed by atoms with van der Waals surface area (Å²) in [6.45, 7) is 3.55. The Bertz CT molecular complexity index is 829. The number of hydrogen-bond acceptors (Lipinski definition) is 4. The van der Waals surface area contributed by atoms with Crippen LogP contribution in [-0.2, 0) is 11.2 Å². The molecule has 2 N–H and O–H groups in total. The van der Waals surface area contributed by atoms with E-state index in [9.17, 15) is 14.9 Å². The summed E-state index contributed by atoms with van der Waals surface area (Å²) < 4.78 is 0. The predicted molar refractivity (Wildman–Crippen MR) is 98.2 cm³/mol. The molecule has 5 heteroatoms. The van der Waals surface area contributed by atoms with Gasteiger partial charge in [0.15, 0.2) is 5.78 Å². The number of carbonyl (C=O) groups excluding carboxylic acids is 2. The zero-order chi connectivity index (χ0) is 18.2. The minimum atomic E-state index is -0.518. The summed E-state index contributed by atoms with van der Waals surface area (Å²) in [6.07, 6.45) is 2.32. The van der Waals surface area contributed by atoms with Gasteiger partial charge in [0.2, 0.25) is 0 Å². The lowest BCUT2D eigenvalue weighted by Crippen LogP contribution is -2.14. The summed E-state index contributed by atoms with van der Waals surface area (Å²) in [5.41, 5.74) is 3.04. The van der Waals surface area contributed by atoms with Gasteiger partial charge in [-0.25, -0.2) is 0 Å². The van der Waals surface area contributed by atoms with E-state index in [0.29, 0.717) is 11.3 Å². The van der Waals surface area contributed by atoms with Crippen LogP contribution >= 0.6 is 0 Å². The lowest BCUT2D eigenvalue weighted by molar-refractivity contribution is -0.112. The number of aryl methyl sites for hydroxylation is 1. The van der Waals surface area contributed by atoms with Gasteiger partial charge in [0.05, 0.1) is 0 Å². The molecule has 0 unspecified atom stereocenters. The molecule has 0 fully saturated rings. The average molecular weight is 333 g/mol. The van der Waals surface area contributed by atoms with E-state index in [1.165, 1.54) is 18.7 Å². The van der Waals surface area contributed by atoms with Crippen molar-refractivity contribution in [1.29, 1.82) is 5.26 Å². The van der Waals surface area contributed by atoms with E-state index < -0.39 is 5.91 Å². The second-order valence-corrected chi connectivity index (χ2v) is 5.45. The molecule has 0 saturated carbocycles. The molecule has 0 aromatic heterocycles. The van der Waals surface area contributed by atoms with Gasteiger partial charge in [-0.3, -0.25) is 9.59 Å². The molecule has 0 aliphatic heterocycles. The average Bonchev–Trinajstić information content (AvgIpc) is 2.63. The third kappa shape index (κ3) is 5.05. The second kappa shape index (κ2) is 8.46. The predicted octanol–water partition coefficient (Wildman–Crippen LogP) is 3.91. The fourth-order valence-electron chi connectivity index (χ4n) is 2.13. The molecule has 0 spiro atoms. The van der Waals surface area contributed by atoms with Crippen LogP contribution in [0.3, 0.4) is 0 Å². The van der Waals surface area contributed by atoms with Gasteiger partial charge < -0.3 is 10.6 Å². The fourth-order valence-corrected chi connectivity index (χ4v) is 2.13. The quantitative estimate of drug-likeness (QED) is 0.477. The maximum atomic E-state index is 12.2. The Morgan fingerprint density at radius 2 is 1.64 bits per heavy atom. The first-order chi connectivity index (χ1) is 12.0. The molecule has 2 aromatic rings.